The summed E-state index contributed by atoms with van der Waals surface area (Å²) in [6, 6.07) is 18.0. The molecule has 0 unspecified atom stereocenters. The summed E-state index contributed by atoms with van der Waals surface area (Å²) in [5.41, 5.74) is 2.29. The van der Waals surface area contributed by atoms with Gasteiger partial charge in [-0.3, -0.25) is 14.6 Å². The van der Waals surface area contributed by atoms with Crippen LogP contribution in [0.2, 0.25) is 0 Å². The van der Waals surface area contributed by atoms with Crippen LogP contribution in [-0.2, 0) is 11.4 Å². The molecule has 6 nitrogen and oxygen atoms in total. The molecule has 0 radical (unpaired) electrons. The van der Waals surface area contributed by atoms with Crippen LogP contribution in [0.15, 0.2) is 78.0 Å². The maximum absolute atomic E-state index is 12.8. The van der Waals surface area contributed by atoms with Crippen molar-refractivity contribution in [3.8, 4) is 11.5 Å². The zero-order valence-corrected chi connectivity index (χ0v) is 17.0. The molecule has 7 heteroatoms. The van der Waals surface area contributed by atoms with Gasteiger partial charge in [0.2, 0.25) is 0 Å². The zero-order chi connectivity index (χ0) is 20.9. The molecule has 30 heavy (non-hydrogen) atoms. The lowest BCUT2D eigenvalue weighted by molar-refractivity contribution is -0.113. The molecule has 0 bridgehead atoms. The smallest absolute Gasteiger partial charge is 0.298 e. The SMILES string of the molecule is COc1cc(/C=C2\SC(=O)N(c3ccccc3)C2=O)ccc1OCc1ccncc1. The summed E-state index contributed by atoms with van der Waals surface area (Å²) in [7, 11) is 1.56. The number of aromatic nitrogens is 1. The average molecular weight is 418 g/mol. The first kappa shape index (κ1) is 19.7. The number of carbonyl (C=O) groups is 2. The van der Waals surface area contributed by atoms with Crippen LogP contribution in [0, 0.1) is 0 Å². The molecular formula is C23H18N2O4S. The lowest BCUT2D eigenvalue weighted by Gasteiger charge is -2.12. The Kier molecular flexibility index (Phi) is 5.81. The number of nitrogens with zero attached hydrogens (tertiary/aromatic N) is 2. The van der Waals surface area contributed by atoms with E-state index in [0.29, 0.717) is 28.7 Å². The highest BCUT2D eigenvalue weighted by Gasteiger charge is 2.36. The quantitative estimate of drug-likeness (QED) is 0.530. The van der Waals surface area contributed by atoms with Crippen molar-refractivity contribution in [2.75, 3.05) is 12.0 Å². The van der Waals surface area contributed by atoms with Crippen molar-refractivity contribution in [3.05, 3.63) is 89.1 Å². The number of ether oxygens (including phenoxy) is 2. The summed E-state index contributed by atoms with van der Waals surface area (Å²) in [4.78, 5) is 30.6. The summed E-state index contributed by atoms with van der Waals surface area (Å²) in [5, 5.41) is -0.318. The Hall–Kier alpha value is -3.58. The molecule has 2 aromatic carbocycles. The Morgan fingerprint density at radius 2 is 1.77 bits per heavy atom. The molecule has 150 valence electrons. The minimum Gasteiger partial charge on any atom is -0.493 e. The van der Waals surface area contributed by atoms with Crippen LogP contribution in [0.1, 0.15) is 11.1 Å². The van der Waals surface area contributed by atoms with E-state index in [9.17, 15) is 9.59 Å². The third kappa shape index (κ3) is 4.21. The molecule has 4 rings (SSSR count). The van der Waals surface area contributed by atoms with E-state index in [1.54, 1.807) is 62.0 Å². The van der Waals surface area contributed by atoms with E-state index in [-0.39, 0.29) is 11.1 Å². The topological polar surface area (TPSA) is 68.7 Å². The molecule has 1 aliphatic heterocycles. The standard InChI is InChI=1S/C23H18N2O4S/c1-28-20-13-17(7-8-19(20)29-15-16-9-11-24-12-10-16)14-21-22(26)25(23(27)30-21)18-5-3-2-4-6-18/h2-14H,15H2,1H3/b21-14-. The van der Waals surface area contributed by atoms with Gasteiger partial charge in [-0.25, -0.2) is 4.90 Å². The third-order valence-corrected chi connectivity index (χ3v) is 5.31. The minimum absolute atomic E-state index is 0.318. The first-order chi connectivity index (χ1) is 14.7. The fourth-order valence-electron chi connectivity index (χ4n) is 2.95. The molecule has 0 N–H and O–H groups in total. The average Bonchev–Trinajstić information content (AvgIpc) is 3.06. The van der Waals surface area contributed by atoms with Crippen LogP contribution in [0.3, 0.4) is 0 Å². The number of amides is 2. The number of hydrogen-bond acceptors (Lipinski definition) is 6. The van der Waals surface area contributed by atoms with Crippen molar-refractivity contribution in [2.24, 2.45) is 0 Å². The van der Waals surface area contributed by atoms with Crippen LogP contribution >= 0.6 is 11.8 Å². The second kappa shape index (κ2) is 8.84. The fraction of sp³-hybridized carbons (Fsp3) is 0.0870. The number of imide groups is 1. The van der Waals surface area contributed by atoms with Crippen molar-refractivity contribution in [2.45, 2.75) is 6.61 Å². The highest BCUT2D eigenvalue weighted by atomic mass is 32.2. The van der Waals surface area contributed by atoms with Crippen molar-refractivity contribution < 1.29 is 19.1 Å². The van der Waals surface area contributed by atoms with Crippen molar-refractivity contribution in [3.63, 3.8) is 0 Å². The maximum Gasteiger partial charge on any atom is 0.298 e. The summed E-state index contributed by atoms with van der Waals surface area (Å²) in [5.74, 6) is 0.789. The normalized spacial score (nSPS) is 15.0. The monoisotopic (exact) mass is 418 g/mol. The first-order valence-electron chi connectivity index (χ1n) is 9.18. The fourth-order valence-corrected chi connectivity index (χ4v) is 3.79. The Morgan fingerprint density at radius 1 is 1.00 bits per heavy atom. The third-order valence-electron chi connectivity index (χ3n) is 4.44. The Morgan fingerprint density at radius 3 is 2.50 bits per heavy atom. The number of thioether (sulfide) groups is 1. The number of pyridine rings is 1. The van der Waals surface area contributed by atoms with Gasteiger partial charge in [0.1, 0.15) is 6.61 Å². The number of benzene rings is 2. The van der Waals surface area contributed by atoms with E-state index in [0.717, 1.165) is 22.9 Å². The van der Waals surface area contributed by atoms with E-state index in [1.165, 1.54) is 4.90 Å². The van der Waals surface area contributed by atoms with E-state index in [2.05, 4.69) is 4.98 Å². The van der Waals surface area contributed by atoms with Gasteiger partial charge in [-0.05, 0) is 65.4 Å². The van der Waals surface area contributed by atoms with Gasteiger partial charge in [-0.15, -0.1) is 0 Å². The van der Waals surface area contributed by atoms with Gasteiger partial charge in [-0.2, -0.15) is 0 Å². The summed E-state index contributed by atoms with van der Waals surface area (Å²) >= 11 is 0.917. The highest BCUT2D eigenvalue weighted by Crippen LogP contribution is 2.37. The molecule has 3 aromatic rings. The molecule has 1 aromatic heterocycles. The Labute approximate surface area is 178 Å². The van der Waals surface area contributed by atoms with E-state index in [4.69, 9.17) is 9.47 Å². The van der Waals surface area contributed by atoms with Crippen molar-refractivity contribution in [1.82, 2.24) is 4.98 Å². The number of para-hydroxylation sites is 1. The second-order valence-corrected chi connectivity index (χ2v) is 7.40. The molecule has 2 heterocycles. The van der Waals surface area contributed by atoms with Crippen LogP contribution in [0.5, 0.6) is 11.5 Å². The van der Waals surface area contributed by atoms with Gasteiger partial charge in [0.25, 0.3) is 11.1 Å². The molecule has 0 atom stereocenters. The van der Waals surface area contributed by atoms with Crippen LogP contribution in [0.25, 0.3) is 6.08 Å². The minimum atomic E-state index is -0.340. The van der Waals surface area contributed by atoms with Crippen molar-refractivity contribution >= 4 is 34.7 Å². The van der Waals surface area contributed by atoms with Gasteiger partial charge in [0, 0.05) is 12.4 Å². The van der Waals surface area contributed by atoms with E-state index >= 15 is 0 Å². The van der Waals surface area contributed by atoms with Gasteiger partial charge >= 0.3 is 0 Å². The Bertz CT molecular complexity index is 1100. The molecule has 1 saturated heterocycles. The number of carbonyl (C=O) groups excluding carboxylic acids is 2. The molecule has 0 spiro atoms. The second-order valence-electron chi connectivity index (χ2n) is 6.41. The molecular weight excluding hydrogens is 400 g/mol. The molecule has 1 fully saturated rings. The number of hydrogen-bond donors (Lipinski definition) is 0. The maximum atomic E-state index is 12.8. The molecule has 1 aliphatic rings. The first-order valence-corrected chi connectivity index (χ1v) is 10.00. The zero-order valence-electron chi connectivity index (χ0n) is 16.1. The lowest BCUT2D eigenvalue weighted by Crippen LogP contribution is -2.27. The van der Waals surface area contributed by atoms with Gasteiger partial charge in [-0.1, -0.05) is 24.3 Å². The summed E-state index contributed by atoms with van der Waals surface area (Å²) in [6.07, 6.45) is 5.10. The predicted octanol–water partition coefficient (Wildman–Crippen LogP) is 4.91. The predicted molar refractivity (Wildman–Crippen MR) is 116 cm³/mol. The molecule has 0 aliphatic carbocycles. The number of rotatable bonds is 6. The van der Waals surface area contributed by atoms with Gasteiger partial charge in [0.05, 0.1) is 17.7 Å². The van der Waals surface area contributed by atoms with E-state index in [1.807, 2.05) is 24.3 Å². The van der Waals surface area contributed by atoms with E-state index < -0.39 is 0 Å². The lowest BCUT2D eigenvalue weighted by atomic mass is 10.1. The van der Waals surface area contributed by atoms with Crippen molar-refractivity contribution in [1.29, 1.82) is 0 Å². The number of methoxy groups -OCH3 is 1. The summed E-state index contributed by atoms with van der Waals surface area (Å²) < 4.78 is 11.3. The molecule has 2 amide bonds. The van der Waals surface area contributed by atoms with Crippen LogP contribution in [-0.4, -0.2) is 23.2 Å². The largest absolute Gasteiger partial charge is 0.493 e. The van der Waals surface area contributed by atoms with Gasteiger partial charge < -0.3 is 9.47 Å². The van der Waals surface area contributed by atoms with Crippen LogP contribution in [0.4, 0.5) is 10.5 Å². The number of anilines is 1. The summed E-state index contributed by atoms with van der Waals surface area (Å²) in [6.45, 7) is 0.383. The highest BCUT2D eigenvalue weighted by molar-refractivity contribution is 8.19. The van der Waals surface area contributed by atoms with Gasteiger partial charge in [0.15, 0.2) is 11.5 Å². The Balaban J connectivity index is 1.53. The molecule has 0 saturated carbocycles. The van der Waals surface area contributed by atoms with Crippen LogP contribution < -0.4 is 14.4 Å².